The zero-order valence-electron chi connectivity index (χ0n) is 19.6. The highest BCUT2D eigenvalue weighted by Crippen LogP contribution is 2.24. The van der Waals surface area contributed by atoms with Crippen molar-refractivity contribution in [2.45, 2.75) is 25.0 Å². The summed E-state index contributed by atoms with van der Waals surface area (Å²) in [7, 11) is 1.82. The Morgan fingerprint density at radius 1 is 1.09 bits per heavy atom. The van der Waals surface area contributed by atoms with Crippen molar-refractivity contribution in [1.29, 1.82) is 0 Å². The maximum atomic E-state index is 12.9. The molecule has 2 aromatic heterocycles. The topological polar surface area (TPSA) is 119 Å². The van der Waals surface area contributed by atoms with Crippen molar-refractivity contribution in [2.75, 3.05) is 36.8 Å². The van der Waals surface area contributed by atoms with Crippen LogP contribution in [0.4, 0.5) is 16.3 Å². The number of carbonyl (C=O) groups is 2. The van der Waals surface area contributed by atoms with Crippen molar-refractivity contribution < 1.29 is 14.3 Å². The molecule has 182 valence electrons. The number of nitrogens with two attached hydrogens (primary N) is 1. The number of aromatic nitrogens is 3. The minimum atomic E-state index is -0.332. The van der Waals surface area contributed by atoms with E-state index in [1.807, 2.05) is 31.4 Å². The Labute approximate surface area is 203 Å². The summed E-state index contributed by atoms with van der Waals surface area (Å²) in [5.74, 6) is -0.149. The molecule has 0 radical (unpaired) electrons. The van der Waals surface area contributed by atoms with E-state index >= 15 is 0 Å². The second-order valence-corrected chi connectivity index (χ2v) is 9.04. The van der Waals surface area contributed by atoms with Crippen molar-refractivity contribution in [3.63, 3.8) is 0 Å². The molecule has 0 saturated carbocycles. The van der Waals surface area contributed by atoms with Gasteiger partial charge in [-0.05, 0) is 24.6 Å². The minimum absolute atomic E-state index is 0.141. The van der Waals surface area contributed by atoms with Crippen LogP contribution in [0.3, 0.4) is 0 Å². The second kappa shape index (κ2) is 9.65. The van der Waals surface area contributed by atoms with Crippen LogP contribution in [0, 0.1) is 0 Å². The van der Waals surface area contributed by atoms with Gasteiger partial charge in [0.1, 0.15) is 11.9 Å². The molecule has 1 unspecified atom stereocenters. The van der Waals surface area contributed by atoms with Crippen LogP contribution in [0.5, 0.6) is 0 Å². The first-order valence-electron chi connectivity index (χ1n) is 11.8. The standard InChI is InChI=1S/C25H29N7O3/c1-30-14-18(13-28-30)17-11-22(23(26)27-12-17)24(33)29-19-7-9-32(15-19)25(34)35-21-8-10-31(16-21)20-5-3-2-4-6-20/h2-6,11-14,19,21H,7-10,15-16H2,1H3,(H2,26,27)(H,29,33)/t19-,21?/m1/s1. The zero-order chi connectivity index (χ0) is 24.4. The van der Waals surface area contributed by atoms with Crippen LogP contribution in [0.1, 0.15) is 23.2 Å². The van der Waals surface area contributed by atoms with Gasteiger partial charge in [0.15, 0.2) is 0 Å². The van der Waals surface area contributed by atoms with Gasteiger partial charge in [0.25, 0.3) is 5.91 Å². The summed E-state index contributed by atoms with van der Waals surface area (Å²) < 4.78 is 7.45. The highest BCUT2D eigenvalue weighted by atomic mass is 16.6. The summed E-state index contributed by atoms with van der Waals surface area (Å²) in [5.41, 5.74) is 9.04. The summed E-state index contributed by atoms with van der Waals surface area (Å²) in [6, 6.07) is 11.7. The van der Waals surface area contributed by atoms with Crippen LogP contribution in [-0.2, 0) is 11.8 Å². The number of benzene rings is 1. The first-order chi connectivity index (χ1) is 17.0. The van der Waals surface area contributed by atoms with Gasteiger partial charge in [-0.25, -0.2) is 9.78 Å². The molecule has 3 aromatic rings. The van der Waals surface area contributed by atoms with Crippen LogP contribution in [-0.4, -0.2) is 70.0 Å². The lowest BCUT2D eigenvalue weighted by Gasteiger charge is -2.21. The van der Waals surface area contributed by atoms with E-state index < -0.39 is 0 Å². The van der Waals surface area contributed by atoms with E-state index in [9.17, 15) is 9.59 Å². The first-order valence-corrected chi connectivity index (χ1v) is 11.8. The molecule has 2 aliphatic heterocycles. The normalized spacial score (nSPS) is 19.7. The van der Waals surface area contributed by atoms with Crippen LogP contribution in [0.25, 0.3) is 11.1 Å². The number of hydrogen-bond donors (Lipinski definition) is 2. The number of anilines is 2. The van der Waals surface area contributed by atoms with E-state index in [1.54, 1.807) is 28.0 Å². The van der Waals surface area contributed by atoms with E-state index in [0.717, 1.165) is 29.8 Å². The molecular formula is C25H29N7O3. The molecule has 35 heavy (non-hydrogen) atoms. The summed E-state index contributed by atoms with van der Waals surface area (Å²) in [6.07, 6.45) is 6.15. The molecule has 0 bridgehead atoms. The van der Waals surface area contributed by atoms with Crippen LogP contribution in [0.15, 0.2) is 55.0 Å². The molecule has 5 rings (SSSR count). The molecule has 10 heteroatoms. The third-order valence-corrected chi connectivity index (χ3v) is 6.52. The van der Waals surface area contributed by atoms with E-state index in [4.69, 9.17) is 10.5 Å². The Bertz CT molecular complexity index is 1210. The molecule has 1 aromatic carbocycles. The number of aryl methyl sites for hydroxylation is 1. The maximum absolute atomic E-state index is 12.9. The van der Waals surface area contributed by atoms with Crippen molar-refractivity contribution in [2.24, 2.45) is 7.05 Å². The minimum Gasteiger partial charge on any atom is -0.444 e. The van der Waals surface area contributed by atoms with E-state index in [2.05, 4.69) is 32.4 Å². The zero-order valence-corrected chi connectivity index (χ0v) is 19.6. The number of pyridine rings is 1. The monoisotopic (exact) mass is 475 g/mol. The molecule has 0 aliphatic carbocycles. The average molecular weight is 476 g/mol. The molecule has 2 atom stereocenters. The number of hydrogen-bond acceptors (Lipinski definition) is 7. The Kier molecular flexibility index (Phi) is 6.26. The van der Waals surface area contributed by atoms with Gasteiger partial charge < -0.3 is 25.6 Å². The van der Waals surface area contributed by atoms with Gasteiger partial charge in [-0.1, -0.05) is 18.2 Å². The largest absolute Gasteiger partial charge is 0.444 e. The fraction of sp³-hybridized carbons (Fsp3) is 0.360. The van der Waals surface area contributed by atoms with Crippen molar-refractivity contribution in [3.05, 3.63) is 60.6 Å². The van der Waals surface area contributed by atoms with Gasteiger partial charge in [-0.15, -0.1) is 0 Å². The van der Waals surface area contributed by atoms with Crippen molar-refractivity contribution in [3.8, 4) is 11.1 Å². The molecule has 2 amide bonds. The number of amides is 2. The number of rotatable bonds is 5. The average Bonchev–Trinajstić information content (AvgIpc) is 3.61. The number of nitrogens with one attached hydrogen (secondary N) is 1. The summed E-state index contributed by atoms with van der Waals surface area (Å²) >= 11 is 0. The predicted octanol–water partition coefficient (Wildman–Crippen LogP) is 2.28. The summed E-state index contributed by atoms with van der Waals surface area (Å²) in [4.78, 5) is 33.7. The van der Waals surface area contributed by atoms with E-state index in [-0.39, 0.29) is 30.0 Å². The van der Waals surface area contributed by atoms with Gasteiger partial charge in [0.2, 0.25) is 0 Å². The smallest absolute Gasteiger partial charge is 0.410 e. The van der Waals surface area contributed by atoms with Gasteiger partial charge in [-0.2, -0.15) is 5.10 Å². The molecule has 0 spiro atoms. The van der Waals surface area contributed by atoms with Crippen LogP contribution >= 0.6 is 0 Å². The molecule has 2 fully saturated rings. The Morgan fingerprint density at radius 3 is 2.69 bits per heavy atom. The van der Waals surface area contributed by atoms with Gasteiger partial charge in [-0.3, -0.25) is 9.48 Å². The summed E-state index contributed by atoms with van der Waals surface area (Å²) in [5, 5.41) is 7.15. The quantitative estimate of drug-likeness (QED) is 0.581. The highest BCUT2D eigenvalue weighted by Gasteiger charge is 2.32. The number of likely N-dealkylation sites (tertiary alicyclic amines) is 1. The van der Waals surface area contributed by atoms with Gasteiger partial charge >= 0.3 is 6.09 Å². The molecule has 3 N–H and O–H groups in total. The predicted molar refractivity (Wildman–Crippen MR) is 132 cm³/mol. The van der Waals surface area contributed by atoms with Crippen molar-refractivity contribution in [1.82, 2.24) is 25.0 Å². The van der Waals surface area contributed by atoms with Crippen LogP contribution in [0.2, 0.25) is 0 Å². The number of nitrogen functional groups attached to an aromatic ring is 1. The lowest BCUT2D eigenvalue weighted by molar-refractivity contribution is 0.0761. The van der Waals surface area contributed by atoms with E-state index in [1.165, 1.54) is 0 Å². The van der Waals surface area contributed by atoms with Crippen LogP contribution < -0.4 is 16.0 Å². The Balaban J connectivity index is 1.14. The van der Waals surface area contributed by atoms with Crippen molar-refractivity contribution >= 4 is 23.5 Å². The number of carbonyl (C=O) groups excluding carboxylic acids is 2. The highest BCUT2D eigenvalue weighted by molar-refractivity contribution is 5.99. The fourth-order valence-electron chi connectivity index (χ4n) is 4.61. The molecule has 4 heterocycles. The fourth-order valence-corrected chi connectivity index (χ4v) is 4.61. The SMILES string of the molecule is Cn1cc(-c2cnc(N)c(C(=O)N[C@@H]3CCN(C(=O)OC4CCN(c5ccccc5)C4)C3)c2)cn1. The number of ether oxygens (including phenoxy) is 1. The molecule has 2 saturated heterocycles. The number of nitrogens with zero attached hydrogens (tertiary/aromatic N) is 5. The maximum Gasteiger partial charge on any atom is 0.410 e. The van der Waals surface area contributed by atoms with Gasteiger partial charge in [0.05, 0.1) is 18.3 Å². The lowest BCUT2D eigenvalue weighted by Crippen LogP contribution is -2.39. The third-order valence-electron chi connectivity index (χ3n) is 6.52. The lowest BCUT2D eigenvalue weighted by atomic mass is 10.1. The van der Waals surface area contributed by atoms with E-state index in [0.29, 0.717) is 31.6 Å². The van der Waals surface area contributed by atoms with Gasteiger partial charge in [0, 0.05) is 68.4 Å². The molecule has 10 nitrogen and oxygen atoms in total. The third kappa shape index (κ3) is 5.06. The first kappa shape index (κ1) is 22.7. The summed E-state index contributed by atoms with van der Waals surface area (Å²) in [6.45, 7) is 2.47. The molecule has 2 aliphatic rings. The number of para-hydroxylation sites is 1. The molecular weight excluding hydrogens is 446 g/mol. The Hall–Kier alpha value is -4.08. The Morgan fingerprint density at radius 2 is 1.91 bits per heavy atom. The second-order valence-electron chi connectivity index (χ2n) is 9.04.